The highest BCUT2D eigenvalue weighted by molar-refractivity contribution is 7.83. The molecule has 0 bridgehead atoms. The number of piperazine rings is 1. The van der Waals surface area contributed by atoms with Crippen LogP contribution in [0.15, 0.2) is 79.4 Å². The second-order valence-corrected chi connectivity index (χ2v) is 14.6. The number of anilines is 3. The van der Waals surface area contributed by atoms with E-state index in [1.807, 2.05) is 24.3 Å². The van der Waals surface area contributed by atoms with Crippen molar-refractivity contribution in [3.8, 4) is 5.75 Å². The van der Waals surface area contributed by atoms with E-state index in [2.05, 4.69) is 19.9 Å². The summed E-state index contributed by atoms with van der Waals surface area (Å²) in [6.07, 6.45) is 2.01. The van der Waals surface area contributed by atoms with Crippen LogP contribution < -0.4 is 19.4 Å². The first-order valence-electron chi connectivity index (χ1n) is 17.1. The normalized spacial score (nSPS) is 23.5. The van der Waals surface area contributed by atoms with Gasteiger partial charge in [-0.3, -0.25) is 9.69 Å². The molecular formula is C35H35F2N7O9S. The molecule has 1 spiro atoms. The Morgan fingerprint density at radius 2 is 1.54 bits per heavy atom. The summed E-state index contributed by atoms with van der Waals surface area (Å²) in [5.74, 6) is -4.16. The van der Waals surface area contributed by atoms with Crippen molar-refractivity contribution in [2.24, 2.45) is 0 Å². The summed E-state index contributed by atoms with van der Waals surface area (Å²) < 4.78 is 81.5. The van der Waals surface area contributed by atoms with Gasteiger partial charge in [0.05, 0.1) is 18.8 Å². The van der Waals surface area contributed by atoms with Gasteiger partial charge in [0.15, 0.2) is 6.29 Å². The highest BCUT2D eigenvalue weighted by Crippen LogP contribution is 2.45. The number of benzene rings is 3. The Labute approximate surface area is 308 Å². The lowest BCUT2D eigenvalue weighted by molar-refractivity contribution is -0.193. The van der Waals surface area contributed by atoms with Crippen LogP contribution in [0, 0.1) is 11.6 Å². The predicted molar refractivity (Wildman–Crippen MR) is 185 cm³/mol. The fourth-order valence-electron chi connectivity index (χ4n) is 7.06. The molecular weight excluding hydrogens is 732 g/mol. The van der Waals surface area contributed by atoms with Crippen molar-refractivity contribution >= 4 is 39.4 Å². The van der Waals surface area contributed by atoms with E-state index >= 15 is 0 Å². The van der Waals surface area contributed by atoms with Gasteiger partial charge < -0.3 is 24.0 Å². The van der Waals surface area contributed by atoms with Crippen molar-refractivity contribution in [3.05, 3.63) is 96.6 Å². The minimum absolute atomic E-state index is 0.00823. The zero-order valence-corrected chi connectivity index (χ0v) is 29.9. The fraction of sp³-hybridized carbons (Fsp3) is 0.371. The van der Waals surface area contributed by atoms with Gasteiger partial charge in [-0.05, 0) is 68.4 Å². The molecule has 19 heteroatoms. The molecule has 4 fully saturated rings. The van der Waals surface area contributed by atoms with Gasteiger partial charge in [0, 0.05) is 55.2 Å². The first-order valence-corrected chi connectivity index (χ1v) is 18.4. The molecule has 0 saturated carbocycles. The van der Waals surface area contributed by atoms with Crippen LogP contribution in [-0.2, 0) is 45.2 Å². The monoisotopic (exact) mass is 767 g/mol. The number of halogens is 2. The summed E-state index contributed by atoms with van der Waals surface area (Å²) in [4.78, 5) is 36.4. The van der Waals surface area contributed by atoms with Gasteiger partial charge in [-0.25, -0.2) is 28.1 Å². The van der Waals surface area contributed by atoms with Crippen molar-refractivity contribution < 1.29 is 49.4 Å². The zero-order chi connectivity index (χ0) is 37.8. The van der Waals surface area contributed by atoms with Crippen molar-refractivity contribution in [2.75, 3.05) is 54.1 Å². The van der Waals surface area contributed by atoms with E-state index in [4.69, 9.17) is 22.6 Å². The summed E-state index contributed by atoms with van der Waals surface area (Å²) in [6, 6.07) is 16.4. The second kappa shape index (κ2) is 13.6. The molecule has 4 saturated heterocycles. The van der Waals surface area contributed by atoms with E-state index in [1.165, 1.54) is 29.5 Å². The van der Waals surface area contributed by atoms with Gasteiger partial charge in [0.1, 0.15) is 42.2 Å². The highest BCUT2D eigenvalue weighted by atomic mass is 32.3. The van der Waals surface area contributed by atoms with E-state index in [9.17, 15) is 26.8 Å². The third kappa shape index (κ3) is 6.40. The molecule has 0 aliphatic carbocycles. The number of hydrogen-bond acceptors (Lipinski definition) is 13. The molecule has 1 aromatic heterocycles. The Kier molecular flexibility index (Phi) is 9.00. The van der Waals surface area contributed by atoms with Crippen molar-refractivity contribution in [1.82, 2.24) is 19.7 Å². The molecule has 0 unspecified atom stereocenters. The SMILES string of the molecule is CC(C)N1C(=O)N(c2ccc(N3CCN(c4ccc(OC[C@H]5OC[C@](Cn6cncn6)(c6ccc(F)cc6F)O5)cc4)CC3)cc2)C2(OS(=O)(=O)O2)C1=O. The van der Waals surface area contributed by atoms with Gasteiger partial charge in [-0.1, -0.05) is 6.07 Å². The van der Waals surface area contributed by atoms with Gasteiger partial charge in [-0.15, -0.1) is 0 Å². The van der Waals surface area contributed by atoms with E-state index < -0.39 is 57.8 Å². The molecule has 8 rings (SSSR count). The largest absolute Gasteiger partial charge is 0.488 e. The number of nitrogens with zero attached hydrogens (tertiary/aromatic N) is 7. The Balaban J connectivity index is 0.862. The van der Waals surface area contributed by atoms with Crippen molar-refractivity contribution in [3.63, 3.8) is 0 Å². The van der Waals surface area contributed by atoms with Gasteiger partial charge in [-0.2, -0.15) is 21.9 Å². The van der Waals surface area contributed by atoms with E-state index in [1.54, 1.807) is 38.1 Å². The number of aromatic nitrogens is 3. The smallest absolute Gasteiger partial charge is 0.409 e. The van der Waals surface area contributed by atoms with Crippen LogP contribution in [-0.4, -0.2) is 97.7 Å². The molecule has 4 aliphatic heterocycles. The second-order valence-electron chi connectivity index (χ2n) is 13.4. The Hall–Kier alpha value is -5.21. The van der Waals surface area contributed by atoms with Crippen molar-refractivity contribution in [2.45, 2.75) is 44.2 Å². The highest BCUT2D eigenvalue weighted by Gasteiger charge is 2.72. The first kappa shape index (κ1) is 35.8. The maximum absolute atomic E-state index is 14.9. The summed E-state index contributed by atoms with van der Waals surface area (Å²) >= 11 is 0. The molecule has 16 nitrogen and oxygen atoms in total. The van der Waals surface area contributed by atoms with Crippen LogP contribution in [0.4, 0.5) is 30.6 Å². The number of carbonyl (C=O) groups is 2. The summed E-state index contributed by atoms with van der Waals surface area (Å²) in [6.45, 7) is 6.17. The topological polar surface area (TPSA) is 158 Å². The number of carbonyl (C=O) groups excluding carboxylic acids is 2. The Morgan fingerprint density at radius 1 is 0.907 bits per heavy atom. The number of rotatable bonds is 10. The van der Waals surface area contributed by atoms with Crippen LogP contribution in [0.1, 0.15) is 19.4 Å². The van der Waals surface area contributed by atoms with Crippen LogP contribution >= 0.6 is 0 Å². The maximum atomic E-state index is 14.9. The summed E-state index contributed by atoms with van der Waals surface area (Å²) in [5.41, 5.74) is 0.989. The fourth-order valence-corrected chi connectivity index (χ4v) is 7.92. The molecule has 284 valence electrons. The molecule has 0 radical (unpaired) electrons. The molecule has 54 heavy (non-hydrogen) atoms. The van der Waals surface area contributed by atoms with Crippen molar-refractivity contribution in [1.29, 1.82) is 0 Å². The Bertz CT molecular complexity index is 2140. The molecule has 0 N–H and O–H groups in total. The third-order valence-electron chi connectivity index (χ3n) is 9.63. The lowest BCUT2D eigenvalue weighted by Crippen LogP contribution is -2.64. The maximum Gasteiger partial charge on any atom is 0.409 e. The van der Waals surface area contributed by atoms with Gasteiger partial charge in [0.2, 0.25) is 0 Å². The summed E-state index contributed by atoms with van der Waals surface area (Å²) in [5, 5.41) is 4.11. The molecule has 3 amide bonds. The van der Waals surface area contributed by atoms with Gasteiger partial charge in [0.25, 0.3) is 0 Å². The molecule has 4 aromatic rings. The average molecular weight is 768 g/mol. The van der Waals surface area contributed by atoms with Crippen LogP contribution in [0.5, 0.6) is 5.75 Å². The van der Waals surface area contributed by atoms with Crippen LogP contribution in [0.25, 0.3) is 0 Å². The molecule has 5 heterocycles. The molecule has 4 aliphatic rings. The molecule has 3 aromatic carbocycles. The average Bonchev–Trinajstić information content (AvgIpc) is 3.85. The van der Waals surface area contributed by atoms with E-state index in [0.717, 1.165) is 27.2 Å². The lowest BCUT2D eigenvalue weighted by atomic mass is 9.94. The number of imide groups is 1. The third-order valence-corrected chi connectivity index (χ3v) is 10.5. The quantitative estimate of drug-likeness (QED) is 0.217. The first-order chi connectivity index (χ1) is 25.9. The number of ether oxygens (including phenoxy) is 3. The van der Waals surface area contributed by atoms with E-state index in [0.29, 0.717) is 31.9 Å². The number of amides is 3. The number of hydrogen-bond donors (Lipinski definition) is 0. The minimum Gasteiger partial charge on any atom is -0.488 e. The van der Waals surface area contributed by atoms with E-state index in [-0.39, 0.29) is 31.0 Å². The van der Waals surface area contributed by atoms with Crippen LogP contribution in [0.2, 0.25) is 0 Å². The van der Waals surface area contributed by atoms with Gasteiger partial charge >= 0.3 is 28.2 Å². The minimum atomic E-state index is -4.40. The Morgan fingerprint density at radius 3 is 2.11 bits per heavy atom. The summed E-state index contributed by atoms with van der Waals surface area (Å²) in [7, 11) is -4.40. The zero-order valence-electron chi connectivity index (χ0n) is 29.1. The standard InChI is InChI=1S/C35H35F2N7O9S/c1-23(2)43-32(45)35(52-54(47,48)53-35)44(33(43)46)27-6-4-25(5-7-27)40-13-15-41(16-14-40)26-8-10-28(11-9-26)49-18-31-50-20-34(51-31,19-42-22-38-21-39-42)29-12-3-24(36)17-30(29)37/h3-12,17,21-23,31H,13-16,18-20H2,1-2H3/t31-,34+/m0/s1. The number of urea groups is 1. The van der Waals surface area contributed by atoms with Crippen LogP contribution in [0.3, 0.4) is 0 Å². The molecule has 2 atom stereocenters. The lowest BCUT2D eigenvalue weighted by Gasteiger charge is -2.39. The predicted octanol–water partition coefficient (Wildman–Crippen LogP) is 3.35.